The SMILES string of the molecule is CCC(NC(=O)C(C)(C)C(N)=NO)c1ccccc1. The van der Waals surface area contributed by atoms with Gasteiger partial charge in [0.1, 0.15) is 5.41 Å². The number of hydrogen-bond acceptors (Lipinski definition) is 3. The number of rotatable bonds is 5. The number of nitrogens with zero attached hydrogens (tertiary/aromatic N) is 1. The highest BCUT2D eigenvalue weighted by Crippen LogP contribution is 2.21. The van der Waals surface area contributed by atoms with Crippen LogP contribution in [0.15, 0.2) is 35.5 Å². The summed E-state index contributed by atoms with van der Waals surface area (Å²) in [5.41, 5.74) is 5.54. The molecule has 1 rings (SSSR count). The van der Waals surface area contributed by atoms with E-state index >= 15 is 0 Å². The molecule has 0 fully saturated rings. The van der Waals surface area contributed by atoms with E-state index < -0.39 is 5.41 Å². The van der Waals surface area contributed by atoms with E-state index in [9.17, 15) is 4.79 Å². The molecule has 5 nitrogen and oxygen atoms in total. The van der Waals surface area contributed by atoms with Gasteiger partial charge in [-0.15, -0.1) is 0 Å². The normalized spacial score (nSPS) is 13.9. The first kappa shape index (κ1) is 15.0. The molecule has 104 valence electrons. The molecule has 0 saturated carbocycles. The summed E-state index contributed by atoms with van der Waals surface area (Å²) in [6, 6.07) is 9.63. The van der Waals surface area contributed by atoms with Crippen molar-refractivity contribution in [3.8, 4) is 0 Å². The number of carbonyl (C=O) groups is 1. The molecule has 1 unspecified atom stereocenters. The van der Waals surface area contributed by atoms with Gasteiger partial charge >= 0.3 is 0 Å². The van der Waals surface area contributed by atoms with Crippen molar-refractivity contribution in [3.05, 3.63) is 35.9 Å². The van der Waals surface area contributed by atoms with Gasteiger partial charge in [-0.2, -0.15) is 0 Å². The van der Waals surface area contributed by atoms with Gasteiger partial charge in [0.05, 0.1) is 6.04 Å². The molecule has 0 aliphatic heterocycles. The third-order valence-corrected chi connectivity index (χ3v) is 3.23. The molecule has 0 saturated heterocycles. The average Bonchev–Trinajstić information content (AvgIpc) is 2.44. The fraction of sp³-hybridized carbons (Fsp3) is 0.429. The predicted molar refractivity (Wildman–Crippen MR) is 74.8 cm³/mol. The van der Waals surface area contributed by atoms with Crippen molar-refractivity contribution in [3.63, 3.8) is 0 Å². The van der Waals surface area contributed by atoms with Gasteiger partial charge < -0.3 is 16.3 Å². The lowest BCUT2D eigenvalue weighted by Crippen LogP contribution is -2.46. The molecule has 0 aliphatic carbocycles. The smallest absolute Gasteiger partial charge is 0.233 e. The topological polar surface area (TPSA) is 87.7 Å². The van der Waals surface area contributed by atoms with Crippen LogP contribution >= 0.6 is 0 Å². The Morgan fingerprint density at radius 1 is 1.42 bits per heavy atom. The number of carbonyl (C=O) groups excluding carboxylic acids is 1. The maximum Gasteiger partial charge on any atom is 0.233 e. The lowest BCUT2D eigenvalue weighted by molar-refractivity contribution is -0.127. The zero-order valence-corrected chi connectivity index (χ0v) is 11.6. The van der Waals surface area contributed by atoms with Crippen LogP contribution < -0.4 is 11.1 Å². The molecule has 0 radical (unpaired) electrons. The molecule has 1 atom stereocenters. The molecule has 0 aliphatic rings. The van der Waals surface area contributed by atoms with Crippen molar-refractivity contribution in [1.82, 2.24) is 5.32 Å². The molecule has 1 aromatic carbocycles. The lowest BCUT2D eigenvalue weighted by atomic mass is 9.90. The number of nitrogens with one attached hydrogen (secondary N) is 1. The summed E-state index contributed by atoms with van der Waals surface area (Å²) < 4.78 is 0. The Kier molecular flexibility index (Phi) is 4.92. The predicted octanol–water partition coefficient (Wildman–Crippen LogP) is 2.03. The van der Waals surface area contributed by atoms with Crippen LogP contribution in [0.4, 0.5) is 0 Å². The molecule has 1 amide bonds. The summed E-state index contributed by atoms with van der Waals surface area (Å²) in [4.78, 5) is 12.2. The van der Waals surface area contributed by atoms with Crippen LogP contribution in [0.25, 0.3) is 0 Å². The Morgan fingerprint density at radius 2 is 2.00 bits per heavy atom. The monoisotopic (exact) mass is 263 g/mol. The summed E-state index contributed by atoms with van der Waals surface area (Å²) in [5.74, 6) is -0.369. The Balaban J connectivity index is 2.86. The lowest BCUT2D eigenvalue weighted by Gasteiger charge is -2.26. The fourth-order valence-electron chi connectivity index (χ4n) is 1.69. The van der Waals surface area contributed by atoms with Crippen LogP contribution in [0.5, 0.6) is 0 Å². The number of hydrogen-bond donors (Lipinski definition) is 3. The zero-order valence-electron chi connectivity index (χ0n) is 11.6. The number of oxime groups is 1. The van der Waals surface area contributed by atoms with Crippen LogP contribution in [0.2, 0.25) is 0 Å². The highest BCUT2D eigenvalue weighted by molar-refractivity contribution is 6.05. The molecule has 19 heavy (non-hydrogen) atoms. The van der Waals surface area contributed by atoms with Crippen LogP contribution in [0.1, 0.15) is 38.8 Å². The maximum absolute atomic E-state index is 12.2. The van der Waals surface area contributed by atoms with Crippen molar-refractivity contribution in [2.24, 2.45) is 16.3 Å². The van der Waals surface area contributed by atoms with Gasteiger partial charge in [-0.05, 0) is 25.8 Å². The second-order valence-electron chi connectivity index (χ2n) is 4.96. The van der Waals surface area contributed by atoms with Crippen LogP contribution in [0.3, 0.4) is 0 Å². The van der Waals surface area contributed by atoms with Crippen molar-refractivity contribution in [2.75, 3.05) is 0 Å². The third-order valence-electron chi connectivity index (χ3n) is 3.23. The standard InChI is InChI=1S/C14H21N3O2/c1-4-11(10-8-6-5-7-9-10)16-13(18)14(2,3)12(15)17-19/h5-9,11,19H,4H2,1-3H3,(H2,15,17)(H,16,18). The van der Waals surface area contributed by atoms with Crippen LogP contribution in [-0.2, 0) is 4.79 Å². The molecule has 1 aromatic rings. The van der Waals surface area contributed by atoms with Crippen molar-refractivity contribution in [1.29, 1.82) is 0 Å². The van der Waals surface area contributed by atoms with Gasteiger partial charge in [0.25, 0.3) is 0 Å². The van der Waals surface area contributed by atoms with Crippen molar-refractivity contribution >= 4 is 11.7 Å². The van der Waals surface area contributed by atoms with E-state index in [1.54, 1.807) is 13.8 Å². The summed E-state index contributed by atoms with van der Waals surface area (Å²) in [5, 5.41) is 14.6. The van der Waals surface area contributed by atoms with Gasteiger partial charge in [0.2, 0.25) is 5.91 Å². The van der Waals surface area contributed by atoms with Gasteiger partial charge in [0.15, 0.2) is 5.84 Å². The molecule has 0 heterocycles. The van der Waals surface area contributed by atoms with Gasteiger partial charge in [-0.25, -0.2) is 0 Å². The quantitative estimate of drug-likeness (QED) is 0.329. The Hall–Kier alpha value is -2.04. The van der Waals surface area contributed by atoms with Crippen molar-refractivity contribution < 1.29 is 10.0 Å². The van der Waals surface area contributed by atoms with Crippen molar-refractivity contribution in [2.45, 2.75) is 33.2 Å². The highest BCUT2D eigenvalue weighted by atomic mass is 16.4. The van der Waals surface area contributed by atoms with Crippen LogP contribution in [0, 0.1) is 5.41 Å². The van der Waals surface area contributed by atoms with E-state index in [-0.39, 0.29) is 17.8 Å². The maximum atomic E-state index is 12.2. The third kappa shape index (κ3) is 3.47. The highest BCUT2D eigenvalue weighted by Gasteiger charge is 2.33. The second kappa shape index (κ2) is 6.22. The summed E-state index contributed by atoms with van der Waals surface area (Å²) in [6.07, 6.45) is 0.766. The van der Waals surface area contributed by atoms with Gasteiger partial charge in [-0.1, -0.05) is 42.4 Å². The number of amidine groups is 1. The molecular weight excluding hydrogens is 242 g/mol. The first-order valence-electron chi connectivity index (χ1n) is 6.27. The van der Waals surface area contributed by atoms with E-state index in [1.807, 2.05) is 37.3 Å². The number of nitrogens with two attached hydrogens (primary N) is 1. The second-order valence-corrected chi connectivity index (χ2v) is 4.96. The molecule has 0 bridgehead atoms. The van der Waals surface area contributed by atoms with Gasteiger partial charge in [-0.3, -0.25) is 4.79 Å². The average molecular weight is 263 g/mol. The fourth-order valence-corrected chi connectivity index (χ4v) is 1.69. The van der Waals surface area contributed by atoms with E-state index in [0.29, 0.717) is 0 Å². The minimum absolute atomic E-state index is 0.0838. The first-order valence-corrected chi connectivity index (χ1v) is 6.27. The first-order chi connectivity index (χ1) is 8.93. The minimum atomic E-state index is -1.04. The molecule has 0 aromatic heterocycles. The van der Waals surface area contributed by atoms with E-state index in [1.165, 1.54) is 0 Å². The Bertz CT molecular complexity index is 455. The summed E-state index contributed by atoms with van der Waals surface area (Å²) >= 11 is 0. The summed E-state index contributed by atoms with van der Waals surface area (Å²) in [6.45, 7) is 5.23. The zero-order chi connectivity index (χ0) is 14.5. The molecule has 5 heteroatoms. The van der Waals surface area contributed by atoms with E-state index in [0.717, 1.165) is 12.0 Å². The molecule has 4 N–H and O–H groups in total. The number of benzene rings is 1. The van der Waals surface area contributed by atoms with E-state index in [2.05, 4.69) is 10.5 Å². The summed E-state index contributed by atoms with van der Waals surface area (Å²) in [7, 11) is 0. The minimum Gasteiger partial charge on any atom is -0.409 e. The number of amides is 1. The Labute approximate surface area is 113 Å². The molecule has 0 spiro atoms. The van der Waals surface area contributed by atoms with Gasteiger partial charge in [0, 0.05) is 0 Å². The molecular formula is C14H21N3O2. The Morgan fingerprint density at radius 3 is 2.47 bits per heavy atom. The van der Waals surface area contributed by atoms with E-state index in [4.69, 9.17) is 10.9 Å². The largest absolute Gasteiger partial charge is 0.409 e. The van der Waals surface area contributed by atoms with Crippen LogP contribution in [-0.4, -0.2) is 17.0 Å².